The molecule has 1 aromatic carbocycles. The molecule has 4 fully saturated rings. The predicted octanol–water partition coefficient (Wildman–Crippen LogP) is 7.92. The number of methoxy groups -OCH3 is 1. The summed E-state index contributed by atoms with van der Waals surface area (Å²) in [6, 6.07) is 14.0. The van der Waals surface area contributed by atoms with Crippen LogP contribution >= 0.6 is 11.3 Å². The number of esters is 1. The summed E-state index contributed by atoms with van der Waals surface area (Å²) in [5.41, 5.74) is 7.48. The summed E-state index contributed by atoms with van der Waals surface area (Å²) < 4.78 is 10.5. The Kier molecular flexibility index (Phi) is 6.32. The molecule has 4 aliphatic carbocycles. The number of para-hydroxylation sites is 1. The van der Waals surface area contributed by atoms with E-state index < -0.39 is 5.97 Å². The van der Waals surface area contributed by atoms with Gasteiger partial charge in [-0.2, -0.15) is 5.10 Å². The Balaban J connectivity index is 1.02. The number of carbonyl (C=O) groups is 1. The Morgan fingerprint density at radius 1 is 0.978 bits per heavy atom. The number of rotatable bonds is 7. The van der Waals surface area contributed by atoms with Crippen LogP contribution in [0.3, 0.4) is 0 Å². The van der Waals surface area contributed by atoms with E-state index in [0.717, 1.165) is 73.5 Å². The third-order valence-corrected chi connectivity index (χ3v) is 11.6. The smallest absolute Gasteiger partial charge is 0.342 e. The first kappa shape index (κ1) is 27.7. The molecule has 4 bridgehead atoms. The number of carbonyl (C=O) groups excluding carboxylic acids is 1. The summed E-state index contributed by atoms with van der Waals surface area (Å²) in [5.74, 6) is 2.26. The number of nitrogens with zero attached hydrogens (tertiary/aromatic N) is 6. The van der Waals surface area contributed by atoms with Crippen LogP contribution in [0.15, 0.2) is 67.3 Å². The van der Waals surface area contributed by atoms with Gasteiger partial charge in [0.15, 0.2) is 10.8 Å². The topological polar surface area (TPSA) is 99.2 Å². The van der Waals surface area contributed by atoms with E-state index in [0.29, 0.717) is 16.6 Å². The third kappa shape index (κ3) is 4.53. The van der Waals surface area contributed by atoms with E-state index in [-0.39, 0.29) is 0 Å². The second-order valence-electron chi connectivity index (χ2n) is 13.7. The molecule has 5 heterocycles. The van der Waals surface area contributed by atoms with Crippen molar-refractivity contribution in [2.75, 3.05) is 12.4 Å². The van der Waals surface area contributed by atoms with Crippen molar-refractivity contribution in [1.82, 2.24) is 29.1 Å². The van der Waals surface area contributed by atoms with E-state index in [4.69, 9.17) is 19.8 Å². The number of benzene rings is 1. The van der Waals surface area contributed by atoms with Gasteiger partial charge in [-0.25, -0.2) is 14.8 Å². The second kappa shape index (κ2) is 10.5. The molecular formula is C36H35N7O2S. The van der Waals surface area contributed by atoms with Gasteiger partial charge in [-0.05, 0) is 98.9 Å². The number of thiazole rings is 1. The zero-order valence-corrected chi connectivity index (χ0v) is 26.8. The van der Waals surface area contributed by atoms with Crippen molar-refractivity contribution in [3.05, 3.63) is 78.5 Å². The van der Waals surface area contributed by atoms with Gasteiger partial charge in [0, 0.05) is 29.6 Å². The fourth-order valence-electron chi connectivity index (χ4n) is 9.11. The quantitative estimate of drug-likeness (QED) is 0.179. The van der Waals surface area contributed by atoms with Gasteiger partial charge in [0.25, 0.3) is 0 Å². The molecule has 5 aromatic heterocycles. The number of pyridine rings is 2. The first-order valence-corrected chi connectivity index (χ1v) is 17.0. The number of hydrogen-bond acceptors (Lipinski definition) is 8. The largest absolute Gasteiger partial charge is 0.465 e. The molecule has 0 unspecified atom stereocenters. The minimum Gasteiger partial charge on any atom is -0.465 e. The lowest BCUT2D eigenvalue weighted by atomic mass is 9.49. The number of anilines is 2. The number of hydrogen-bond donors (Lipinski definition) is 1. The van der Waals surface area contributed by atoms with Crippen molar-refractivity contribution in [3.63, 3.8) is 0 Å². The van der Waals surface area contributed by atoms with Crippen molar-refractivity contribution in [2.24, 2.45) is 23.2 Å². The van der Waals surface area contributed by atoms with Crippen LogP contribution in [-0.2, 0) is 11.3 Å². The van der Waals surface area contributed by atoms with Crippen LogP contribution in [0.2, 0.25) is 0 Å². The van der Waals surface area contributed by atoms with Crippen molar-refractivity contribution in [1.29, 1.82) is 0 Å². The zero-order valence-electron chi connectivity index (χ0n) is 25.9. The molecule has 10 heteroatoms. The lowest BCUT2D eigenvalue weighted by Crippen LogP contribution is -2.48. The number of ether oxygens (including phenoxy) is 1. The zero-order chi connectivity index (χ0) is 31.0. The van der Waals surface area contributed by atoms with Crippen LogP contribution in [0.1, 0.15) is 54.6 Å². The summed E-state index contributed by atoms with van der Waals surface area (Å²) in [6.45, 7) is 3.08. The number of fused-ring (bicyclic) bond motifs is 2. The SMILES string of the molecule is COC(=O)c1c(-c2cnn(CC34CC5CC(CC(C5)C3)C4)c2C)ccn2c(-c3ccc(Nc4nc5ccccc5s4)cn3)cnc12. The van der Waals surface area contributed by atoms with Crippen molar-refractivity contribution in [2.45, 2.75) is 52.0 Å². The molecule has 4 saturated carbocycles. The highest BCUT2D eigenvalue weighted by atomic mass is 32.1. The molecule has 0 amide bonds. The predicted molar refractivity (Wildman–Crippen MR) is 179 cm³/mol. The highest BCUT2D eigenvalue weighted by molar-refractivity contribution is 7.22. The van der Waals surface area contributed by atoms with E-state index in [1.807, 2.05) is 53.2 Å². The molecular weight excluding hydrogens is 595 g/mol. The van der Waals surface area contributed by atoms with E-state index in [1.165, 1.54) is 45.6 Å². The normalized spacial score (nSPS) is 23.4. The average Bonchev–Trinajstić information content (AvgIpc) is 3.76. The highest BCUT2D eigenvalue weighted by Gasteiger charge is 2.51. The summed E-state index contributed by atoms with van der Waals surface area (Å²) in [4.78, 5) is 27.4. The van der Waals surface area contributed by atoms with E-state index in [1.54, 1.807) is 23.7 Å². The standard InChI is InChI=1S/C36H35N7O2S/c1-21-27(18-39-43(21)20-36-14-22-11-23(15-36)13-24(12-22)16-36)26-9-10-42-30(19-38-33(42)32(26)34(44)45-2)28-8-7-25(17-37-28)40-35-41-29-5-3-4-6-31(29)46-35/h3-10,17-19,22-24H,11-16,20H2,1-2H3,(H,40,41). The fourth-order valence-corrected chi connectivity index (χ4v) is 9.99. The van der Waals surface area contributed by atoms with E-state index in [9.17, 15) is 4.79 Å². The molecule has 0 saturated heterocycles. The maximum absolute atomic E-state index is 13.3. The molecule has 1 N–H and O–H groups in total. The Bertz CT molecular complexity index is 2060. The number of imidazole rings is 1. The van der Waals surface area contributed by atoms with E-state index >= 15 is 0 Å². The third-order valence-electron chi connectivity index (χ3n) is 10.7. The molecule has 0 aliphatic heterocycles. The Hall–Kier alpha value is -4.57. The summed E-state index contributed by atoms with van der Waals surface area (Å²) in [6.07, 6.45) is 15.7. The molecule has 4 aliphatic rings. The first-order valence-electron chi connectivity index (χ1n) is 16.2. The maximum atomic E-state index is 13.3. The highest BCUT2D eigenvalue weighted by Crippen LogP contribution is 2.60. The molecule has 10 rings (SSSR count). The Labute approximate surface area is 270 Å². The molecule has 6 aromatic rings. The average molecular weight is 630 g/mol. The van der Waals surface area contributed by atoms with Gasteiger partial charge in [-0.15, -0.1) is 0 Å². The van der Waals surface area contributed by atoms with Crippen molar-refractivity contribution < 1.29 is 9.53 Å². The van der Waals surface area contributed by atoms with Crippen LogP contribution in [0.4, 0.5) is 10.8 Å². The maximum Gasteiger partial charge on any atom is 0.342 e. The minimum atomic E-state index is -0.422. The van der Waals surface area contributed by atoms with Crippen LogP contribution in [0, 0.1) is 30.1 Å². The molecule has 9 nitrogen and oxygen atoms in total. The van der Waals surface area contributed by atoms with Gasteiger partial charge < -0.3 is 10.1 Å². The van der Waals surface area contributed by atoms with Crippen LogP contribution in [0.5, 0.6) is 0 Å². The summed E-state index contributed by atoms with van der Waals surface area (Å²) in [7, 11) is 1.42. The molecule has 46 heavy (non-hydrogen) atoms. The Morgan fingerprint density at radius 3 is 2.48 bits per heavy atom. The van der Waals surface area contributed by atoms with Gasteiger partial charge in [0.2, 0.25) is 0 Å². The molecule has 0 radical (unpaired) electrons. The summed E-state index contributed by atoms with van der Waals surface area (Å²) in [5, 5.41) is 9.07. The lowest BCUT2D eigenvalue weighted by molar-refractivity contribution is -0.0638. The number of nitrogens with one attached hydrogen (secondary N) is 1. The van der Waals surface area contributed by atoms with Gasteiger partial charge in [-0.3, -0.25) is 14.1 Å². The lowest BCUT2D eigenvalue weighted by Gasteiger charge is -2.56. The van der Waals surface area contributed by atoms with Crippen molar-refractivity contribution >= 4 is 44.0 Å². The van der Waals surface area contributed by atoms with Gasteiger partial charge in [0.05, 0.1) is 53.0 Å². The van der Waals surface area contributed by atoms with Gasteiger partial charge in [0.1, 0.15) is 5.56 Å². The monoisotopic (exact) mass is 629 g/mol. The van der Waals surface area contributed by atoms with Gasteiger partial charge in [-0.1, -0.05) is 23.5 Å². The van der Waals surface area contributed by atoms with Crippen LogP contribution in [-0.4, -0.2) is 42.2 Å². The first-order chi connectivity index (χ1) is 22.4. The van der Waals surface area contributed by atoms with E-state index in [2.05, 4.69) is 28.0 Å². The minimum absolute atomic E-state index is 0.363. The number of aromatic nitrogens is 6. The summed E-state index contributed by atoms with van der Waals surface area (Å²) >= 11 is 1.60. The Morgan fingerprint density at radius 2 is 1.76 bits per heavy atom. The fraction of sp³-hybridized carbons (Fsp3) is 0.361. The molecule has 0 atom stereocenters. The van der Waals surface area contributed by atoms with Crippen LogP contribution in [0.25, 0.3) is 38.4 Å². The van der Waals surface area contributed by atoms with Crippen molar-refractivity contribution in [3.8, 4) is 22.5 Å². The molecule has 0 spiro atoms. The second-order valence-corrected chi connectivity index (χ2v) is 14.7. The van der Waals surface area contributed by atoms with Crippen LogP contribution < -0.4 is 5.32 Å². The molecule has 232 valence electrons. The van der Waals surface area contributed by atoms with Gasteiger partial charge >= 0.3 is 5.97 Å².